The van der Waals surface area contributed by atoms with Gasteiger partial charge in [-0.15, -0.1) is 0 Å². The van der Waals surface area contributed by atoms with Gasteiger partial charge in [0.15, 0.2) is 0 Å². The van der Waals surface area contributed by atoms with Gasteiger partial charge in [-0.25, -0.2) is 0 Å². The van der Waals surface area contributed by atoms with Gasteiger partial charge in [0.1, 0.15) is 11.2 Å². The Morgan fingerprint density at radius 1 is 0.392 bits per heavy atom. The summed E-state index contributed by atoms with van der Waals surface area (Å²) >= 11 is 0. The van der Waals surface area contributed by atoms with E-state index in [1.807, 2.05) is 12.1 Å². The zero-order chi connectivity index (χ0) is 34.1. The first-order valence-electron chi connectivity index (χ1n) is 17.7. The lowest BCUT2D eigenvalue weighted by Gasteiger charge is -2.28. The molecule has 2 nitrogen and oxygen atoms in total. The van der Waals surface area contributed by atoms with Crippen LogP contribution in [0, 0.1) is 0 Å². The average Bonchev–Trinajstić information content (AvgIpc) is 3.66. The Balaban J connectivity index is 1.08. The SMILES string of the molecule is CC1(C)c2ccccc2-c2ccc(N(c3ccc(-c4cccc(-c5ccc6ccccc6c5)c4)cc3)c3ccc4oc5ccccc5c4c3)cc21. The van der Waals surface area contributed by atoms with Gasteiger partial charge in [0.25, 0.3) is 0 Å². The predicted molar refractivity (Wildman–Crippen MR) is 214 cm³/mol. The quantitative estimate of drug-likeness (QED) is 0.184. The molecule has 0 bridgehead atoms. The summed E-state index contributed by atoms with van der Waals surface area (Å²) in [5.41, 5.74) is 15.2. The molecule has 0 saturated carbocycles. The van der Waals surface area contributed by atoms with Crippen molar-refractivity contribution in [3.8, 4) is 33.4 Å². The van der Waals surface area contributed by atoms with E-state index >= 15 is 0 Å². The van der Waals surface area contributed by atoms with Crippen molar-refractivity contribution in [3.63, 3.8) is 0 Å². The smallest absolute Gasteiger partial charge is 0.135 e. The molecule has 2 heteroatoms. The van der Waals surface area contributed by atoms with Gasteiger partial charge in [-0.1, -0.05) is 129 Å². The van der Waals surface area contributed by atoms with Crippen LogP contribution in [0.25, 0.3) is 66.1 Å². The maximum atomic E-state index is 6.23. The molecule has 0 fully saturated rings. The molecular formula is C49H35NO. The highest BCUT2D eigenvalue weighted by Gasteiger charge is 2.35. The first-order valence-corrected chi connectivity index (χ1v) is 17.7. The molecule has 0 unspecified atom stereocenters. The minimum Gasteiger partial charge on any atom is -0.456 e. The van der Waals surface area contributed by atoms with Crippen LogP contribution in [0.1, 0.15) is 25.0 Å². The summed E-state index contributed by atoms with van der Waals surface area (Å²) in [4.78, 5) is 2.38. The number of hydrogen-bond acceptors (Lipinski definition) is 2. The second-order valence-corrected chi connectivity index (χ2v) is 14.2. The minimum atomic E-state index is -0.0990. The number of benzene rings is 8. The average molecular weight is 654 g/mol. The van der Waals surface area contributed by atoms with E-state index in [1.54, 1.807) is 0 Å². The Kier molecular flexibility index (Phi) is 6.56. The topological polar surface area (TPSA) is 16.4 Å². The normalized spacial score (nSPS) is 13.1. The van der Waals surface area contributed by atoms with Crippen LogP contribution >= 0.6 is 0 Å². The fourth-order valence-electron chi connectivity index (χ4n) is 8.18. The van der Waals surface area contributed by atoms with E-state index in [0.717, 1.165) is 39.0 Å². The number of para-hydroxylation sites is 1. The Morgan fingerprint density at radius 2 is 1.02 bits per heavy atom. The first-order chi connectivity index (χ1) is 25.0. The molecule has 1 aromatic heterocycles. The highest BCUT2D eigenvalue weighted by Crippen LogP contribution is 2.51. The first kappa shape index (κ1) is 29.5. The van der Waals surface area contributed by atoms with Gasteiger partial charge in [0, 0.05) is 33.2 Å². The minimum absolute atomic E-state index is 0.0990. The van der Waals surface area contributed by atoms with Crippen LogP contribution in [0.5, 0.6) is 0 Å². The van der Waals surface area contributed by atoms with Crippen molar-refractivity contribution in [2.45, 2.75) is 19.3 Å². The molecule has 9 aromatic rings. The molecule has 0 saturated heterocycles. The van der Waals surface area contributed by atoms with Crippen molar-refractivity contribution in [2.24, 2.45) is 0 Å². The predicted octanol–water partition coefficient (Wildman–Crippen LogP) is 13.8. The lowest BCUT2D eigenvalue weighted by atomic mass is 9.82. The molecule has 51 heavy (non-hydrogen) atoms. The molecule has 0 amide bonds. The van der Waals surface area contributed by atoms with E-state index in [-0.39, 0.29) is 5.41 Å². The van der Waals surface area contributed by atoms with Gasteiger partial charge in [0.2, 0.25) is 0 Å². The third-order valence-corrected chi connectivity index (χ3v) is 10.8. The molecule has 10 rings (SSSR count). The zero-order valence-electron chi connectivity index (χ0n) is 28.6. The molecule has 1 aliphatic rings. The van der Waals surface area contributed by atoms with Gasteiger partial charge < -0.3 is 9.32 Å². The van der Waals surface area contributed by atoms with Crippen LogP contribution in [0.3, 0.4) is 0 Å². The van der Waals surface area contributed by atoms with E-state index in [4.69, 9.17) is 4.42 Å². The van der Waals surface area contributed by atoms with Crippen LogP contribution in [-0.2, 0) is 5.41 Å². The van der Waals surface area contributed by atoms with E-state index in [2.05, 4.69) is 183 Å². The second kappa shape index (κ2) is 11.3. The summed E-state index contributed by atoms with van der Waals surface area (Å²) in [6, 6.07) is 63.8. The second-order valence-electron chi connectivity index (χ2n) is 14.2. The van der Waals surface area contributed by atoms with Crippen molar-refractivity contribution < 1.29 is 4.42 Å². The summed E-state index contributed by atoms with van der Waals surface area (Å²) in [6.07, 6.45) is 0. The number of anilines is 3. The lowest BCUT2D eigenvalue weighted by Crippen LogP contribution is -2.16. The summed E-state index contributed by atoms with van der Waals surface area (Å²) in [7, 11) is 0. The molecule has 8 aromatic carbocycles. The molecule has 1 heterocycles. The molecule has 0 N–H and O–H groups in total. The zero-order valence-corrected chi connectivity index (χ0v) is 28.6. The van der Waals surface area contributed by atoms with Crippen molar-refractivity contribution >= 4 is 49.8 Å². The third-order valence-electron chi connectivity index (χ3n) is 10.8. The van der Waals surface area contributed by atoms with Crippen LogP contribution in [0.2, 0.25) is 0 Å². The standard InChI is InChI=1S/C49H35NO/c1-49(2)45-16-7-5-14-41(45)42-26-24-40(31-46(42)49)50(39-25-27-48-44(30-39)43-15-6-8-17-47(43)51-48)38-22-20-33(21-23-38)35-12-9-13-36(28-35)37-19-18-32-10-3-4-11-34(32)29-37/h3-31H,1-2H3. The van der Waals surface area contributed by atoms with Crippen molar-refractivity contribution in [1.29, 1.82) is 0 Å². The Hall–Kier alpha value is -6.38. The van der Waals surface area contributed by atoms with Gasteiger partial charge in [-0.05, 0) is 116 Å². The number of rotatable bonds is 5. The fraction of sp³-hybridized carbons (Fsp3) is 0.0612. The van der Waals surface area contributed by atoms with Gasteiger partial charge in [0.05, 0.1) is 0 Å². The van der Waals surface area contributed by atoms with E-state index < -0.39 is 0 Å². The maximum Gasteiger partial charge on any atom is 0.135 e. The summed E-state index contributed by atoms with van der Waals surface area (Å²) in [5.74, 6) is 0. The fourth-order valence-corrected chi connectivity index (χ4v) is 8.18. The van der Waals surface area contributed by atoms with E-state index in [1.165, 1.54) is 55.3 Å². The molecule has 0 aliphatic heterocycles. The number of nitrogens with zero attached hydrogens (tertiary/aromatic N) is 1. The highest BCUT2D eigenvalue weighted by molar-refractivity contribution is 6.06. The van der Waals surface area contributed by atoms with Crippen molar-refractivity contribution in [2.75, 3.05) is 4.90 Å². The van der Waals surface area contributed by atoms with Crippen LogP contribution in [-0.4, -0.2) is 0 Å². The summed E-state index contributed by atoms with van der Waals surface area (Å²) in [6.45, 7) is 4.69. The number of hydrogen-bond donors (Lipinski definition) is 0. The van der Waals surface area contributed by atoms with Crippen molar-refractivity contribution in [1.82, 2.24) is 0 Å². The van der Waals surface area contributed by atoms with E-state index in [0.29, 0.717) is 0 Å². The Bertz CT molecular complexity index is 2780. The van der Waals surface area contributed by atoms with Crippen LogP contribution < -0.4 is 4.90 Å². The number of fused-ring (bicyclic) bond motifs is 7. The Morgan fingerprint density at radius 3 is 1.90 bits per heavy atom. The molecule has 0 atom stereocenters. The largest absolute Gasteiger partial charge is 0.456 e. The molecule has 0 radical (unpaired) electrons. The van der Waals surface area contributed by atoms with Gasteiger partial charge in [-0.2, -0.15) is 0 Å². The van der Waals surface area contributed by atoms with Crippen LogP contribution in [0.4, 0.5) is 17.1 Å². The molecule has 1 aliphatic carbocycles. The third kappa shape index (κ3) is 4.79. The number of furan rings is 1. The molecule has 242 valence electrons. The molecule has 0 spiro atoms. The van der Waals surface area contributed by atoms with Gasteiger partial charge in [-0.3, -0.25) is 0 Å². The van der Waals surface area contributed by atoms with Gasteiger partial charge >= 0.3 is 0 Å². The monoisotopic (exact) mass is 653 g/mol. The summed E-state index contributed by atoms with van der Waals surface area (Å²) < 4.78 is 6.23. The Labute approximate surface area is 297 Å². The molecular weight excluding hydrogens is 619 g/mol. The van der Waals surface area contributed by atoms with E-state index in [9.17, 15) is 0 Å². The van der Waals surface area contributed by atoms with Crippen molar-refractivity contribution in [3.05, 3.63) is 187 Å². The lowest BCUT2D eigenvalue weighted by molar-refractivity contribution is 0.660. The highest BCUT2D eigenvalue weighted by atomic mass is 16.3. The maximum absolute atomic E-state index is 6.23. The summed E-state index contributed by atoms with van der Waals surface area (Å²) in [5, 5.41) is 4.75. The van der Waals surface area contributed by atoms with Crippen LogP contribution in [0.15, 0.2) is 180 Å².